The predicted molar refractivity (Wildman–Crippen MR) is 116 cm³/mol. The number of fused-ring (bicyclic) bond motifs is 1. The van der Waals surface area contributed by atoms with E-state index in [0.29, 0.717) is 24.6 Å². The van der Waals surface area contributed by atoms with Gasteiger partial charge in [-0.25, -0.2) is 14.8 Å². The Morgan fingerprint density at radius 3 is 2.90 bits per heavy atom. The van der Waals surface area contributed by atoms with Crippen LogP contribution in [0.25, 0.3) is 16.2 Å². The average molecular weight is 479 g/mol. The first-order valence-electron chi connectivity index (χ1n) is 9.45. The summed E-state index contributed by atoms with van der Waals surface area (Å²) in [7, 11) is 0. The summed E-state index contributed by atoms with van der Waals surface area (Å²) in [5.74, 6) is 0.541. The maximum atomic E-state index is 12.5. The van der Waals surface area contributed by atoms with Gasteiger partial charge in [-0.1, -0.05) is 0 Å². The first-order chi connectivity index (χ1) is 13.7. The van der Waals surface area contributed by atoms with Crippen LogP contribution in [0.5, 0.6) is 0 Å². The van der Waals surface area contributed by atoms with Crippen molar-refractivity contribution in [3.63, 3.8) is 0 Å². The van der Waals surface area contributed by atoms with E-state index in [2.05, 4.69) is 26.0 Å². The van der Waals surface area contributed by atoms with Crippen molar-refractivity contribution in [2.24, 2.45) is 0 Å². The van der Waals surface area contributed by atoms with Crippen LogP contribution in [0.15, 0.2) is 22.2 Å². The van der Waals surface area contributed by atoms with Crippen molar-refractivity contribution in [2.75, 3.05) is 18.8 Å². The summed E-state index contributed by atoms with van der Waals surface area (Å²) in [6.07, 6.45) is 5.00. The number of hydrogen-bond acceptors (Lipinski definition) is 7. The molecule has 8 nitrogen and oxygen atoms in total. The minimum Gasteiger partial charge on any atom is -0.444 e. The Labute approximate surface area is 181 Å². The molecule has 1 amide bonds. The quantitative estimate of drug-likeness (QED) is 0.588. The second kappa shape index (κ2) is 7.56. The number of amides is 1. The fraction of sp³-hybridized carbons (Fsp3) is 0.474. The number of nitrogens with two attached hydrogens (primary N) is 1. The molecule has 154 valence electrons. The third kappa shape index (κ3) is 3.95. The van der Waals surface area contributed by atoms with Gasteiger partial charge in [0.15, 0.2) is 5.65 Å². The Balaban J connectivity index is 1.69. The number of likely N-dealkylation sites (tertiary alicyclic amines) is 1. The van der Waals surface area contributed by atoms with Crippen molar-refractivity contribution in [3.8, 4) is 10.6 Å². The molecule has 29 heavy (non-hydrogen) atoms. The third-order valence-electron chi connectivity index (χ3n) is 4.77. The highest BCUT2D eigenvalue weighted by Gasteiger charge is 2.31. The van der Waals surface area contributed by atoms with Crippen LogP contribution in [0.3, 0.4) is 0 Å². The first kappa shape index (κ1) is 20.1. The zero-order valence-electron chi connectivity index (χ0n) is 16.6. The van der Waals surface area contributed by atoms with Gasteiger partial charge in [0.1, 0.15) is 16.4 Å². The molecule has 0 saturated carbocycles. The van der Waals surface area contributed by atoms with Crippen LogP contribution in [-0.2, 0) is 4.74 Å². The summed E-state index contributed by atoms with van der Waals surface area (Å²) in [6.45, 7) is 6.84. The standard InChI is InChI=1S/C19H23BrN6O2S/c1-19(2,3)28-18(27)25-7-4-5-11(10-25)14-13(20)15(21)26-16(24-14)12(9-23-26)17-22-6-8-29-17/h6,8-9,11H,4-5,7,10,21H2,1-3H3. The molecule has 3 aromatic heterocycles. The molecular weight excluding hydrogens is 456 g/mol. The van der Waals surface area contributed by atoms with Crippen molar-refractivity contribution in [2.45, 2.75) is 45.1 Å². The number of aromatic nitrogens is 4. The lowest BCUT2D eigenvalue weighted by atomic mass is 9.94. The highest BCUT2D eigenvalue weighted by Crippen LogP contribution is 2.36. The molecule has 2 N–H and O–H groups in total. The molecule has 1 fully saturated rings. The predicted octanol–water partition coefficient (Wildman–Crippen LogP) is 4.31. The number of anilines is 1. The van der Waals surface area contributed by atoms with Gasteiger partial charge < -0.3 is 15.4 Å². The van der Waals surface area contributed by atoms with Crippen LogP contribution < -0.4 is 5.73 Å². The van der Waals surface area contributed by atoms with Gasteiger partial charge in [-0.2, -0.15) is 9.61 Å². The van der Waals surface area contributed by atoms with E-state index in [-0.39, 0.29) is 12.0 Å². The lowest BCUT2D eigenvalue weighted by Crippen LogP contribution is -2.42. The fourth-order valence-corrected chi connectivity index (χ4v) is 4.71. The summed E-state index contributed by atoms with van der Waals surface area (Å²) in [4.78, 5) is 23.6. The molecule has 0 aliphatic carbocycles. The number of ether oxygens (including phenoxy) is 1. The molecule has 1 aliphatic heterocycles. The number of piperidine rings is 1. The molecule has 1 atom stereocenters. The van der Waals surface area contributed by atoms with E-state index in [0.717, 1.165) is 33.6 Å². The van der Waals surface area contributed by atoms with Crippen LogP contribution in [-0.4, -0.2) is 49.3 Å². The normalized spacial score (nSPS) is 17.7. The summed E-state index contributed by atoms with van der Waals surface area (Å²) in [6, 6.07) is 0. The number of halogens is 1. The van der Waals surface area contributed by atoms with E-state index < -0.39 is 5.60 Å². The molecule has 1 unspecified atom stereocenters. The van der Waals surface area contributed by atoms with Crippen LogP contribution >= 0.6 is 27.3 Å². The molecular formula is C19H23BrN6O2S. The molecule has 0 aromatic carbocycles. The Kier molecular flexibility index (Phi) is 5.24. The highest BCUT2D eigenvalue weighted by atomic mass is 79.9. The van der Waals surface area contributed by atoms with Gasteiger partial charge >= 0.3 is 6.09 Å². The number of carbonyl (C=O) groups is 1. The Morgan fingerprint density at radius 1 is 1.41 bits per heavy atom. The lowest BCUT2D eigenvalue weighted by Gasteiger charge is -2.34. The Bertz CT molecular complexity index is 1040. The second-order valence-electron chi connectivity index (χ2n) is 8.09. The van der Waals surface area contributed by atoms with Gasteiger partial charge in [-0.05, 0) is 49.5 Å². The Morgan fingerprint density at radius 2 is 2.21 bits per heavy atom. The van der Waals surface area contributed by atoms with Gasteiger partial charge in [0.2, 0.25) is 0 Å². The molecule has 0 spiro atoms. The molecule has 10 heteroatoms. The Hall–Kier alpha value is -2.20. The third-order valence-corrected chi connectivity index (χ3v) is 6.39. The van der Waals surface area contributed by atoms with Crippen molar-refractivity contribution >= 4 is 44.8 Å². The minimum atomic E-state index is -0.521. The van der Waals surface area contributed by atoms with Crippen LogP contribution in [0.1, 0.15) is 45.2 Å². The van der Waals surface area contributed by atoms with Crippen molar-refractivity contribution in [1.29, 1.82) is 0 Å². The zero-order valence-corrected chi connectivity index (χ0v) is 19.0. The first-order valence-corrected chi connectivity index (χ1v) is 11.1. The fourth-order valence-electron chi connectivity index (χ4n) is 3.48. The van der Waals surface area contributed by atoms with Gasteiger partial charge in [-0.3, -0.25) is 0 Å². The van der Waals surface area contributed by atoms with Crippen molar-refractivity contribution < 1.29 is 9.53 Å². The number of thiazole rings is 1. The van der Waals surface area contributed by atoms with E-state index in [4.69, 9.17) is 15.5 Å². The molecule has 1 aliphatic rings. The number of hydrogen-bond donors (Lipinski definition) is 1. The summed E-state index contributed by atoms with van der Waals surface area (Å²) < 4.78 is 7.89. The average Bonchev–Trinajstić information content (AvgIpc) is 3.32. The maximum Gasteiger partial charge on any atom is 0.410 e. The highest BCUT2D eigenvalue weighted by molar-refractivity contribution is 9.10. The molecule has 0 radical (unpaired) electrons. The minimum absolute atomic E-state index is 0.0528. The topological polar surface area (TPSA) is 98.6 Å². The van der Waals surface area contributed by atoms with Gasteiger partial charge in [-0.15, -0.1) is 11.3 Å². The largest absolute Gasteiger partial charge is 0.444 e. The van der Waals surface area contributed by atoms with E-state index in [1.165, 1.54) is 11.3 Å². The molecule has 0 bridgehead atoms. The SMILES string of the molecule is CC(C)(C)OC(=O)N1CCCC(c2nc3c(-c4nccs4)cnn3c(N)c2Br)C1. The van der Waals surface area contributed by atoms with Crippen molar-refractivity contribution in [1.82, 2.24) is 24.5 Å². The van der Waals surface area contributed by atoms with E-state index in [1.807, 2.05) is 26.2 Å². The summed E-state index contributed by atoms with van der Waals surface area (Å²) in [5.41, 5.74) is 8.19. The van der Waals surface area contributed by atoms with Gasteiger partial charge in [0, 0.05) is 30.6 Å². The van der Waals surface area contributed by atoms with Gasteiger partial charge in [0.05, 0.1) is 21.9 Å². The number of nitrogen functional groups attached to an aromatic ring is 1. The molecule has 3 aromatic rings. The zero-order chi connectivity index (χ0) is 20.8. The molecule has 1 saturated heterocycles. The van der Waals surface area contributed by atoms with E-state index in [9.17, 15) is 4.79 Å². The smallest absolute Gasteiger partial charge is 0.410 e. The summed E-state index contributed by atoms with van der Waals surface area (Å²) >= 11 is 5.13. The molecule has 4 heterocycles. The molecule has 4 rings (SSSR count). The second-order valence-corrected chi connectivity index (χ2v) is 9.78. The number of nitrogens with zero attached hydrogens (tertiary/aromatic N) is 5. The summed E-state index contributed by atoms with van der Waals surface area (Å²) in [5, 5.41) is 7.15. The monoisotopic (exact) mass is 478 g/mol. The van der Waals surface area contributed by atoms with Crippen LogP contribution in [0.4, 0.5) is 10.6 Å². The maximum absolute atomic E-state index is 12.5. The van der Waals surface area contributed by atoms with E-state index in [1.54, 1.807) is 21.8 Å². The lowest BCUT2D eigenvalue weighted by molar-refractivity contribution is 0.0197. The van der Waals surface area contributed by atoms with Crippen LogP contribution in [0.2, 0.25) is 0 Å². The number of carbonyl (C=O) groups excluding carboxylic acids is 1. The van der Waals surface area contributed by atoms with Crippen molar-refractivity contribution in [3.05, 3.63) is 27.9 Å². The van der Waals surface area contributed by atoms with Crippen LogP contribution in [0, 0.1) is 0 Å². The van der Waals surface area contributed by atoms with Gasteiger partial charge in [0.25, 0.3) is 0 Å². The number of rotatable bonds is 2. The van der Waals surface area contributed by atoms with E-state index >= 15 is 0 Å².